The Bertz CT molecular complexity index is 738. The molecule has 1 aromatic heterocycles. The first kappa shape index (κ1) is 17.7. The summed E-state index contributed by atoms with van der Waals surface area (Å²) in [4.78, 5) is 4.19. The van der Waals surface area contributed by atoms with E-state index in [9.17, 15) is 8.42 Å². The molecule has 126 valence electrons. The van der Waals surface area contributed by atoms with Crippen molar-refractivity contribution in [2.45, 2.75) is 32.9 Å². The summed E-state index contributed by atoms with van der Waals surface area (Å²) in [5, 5.41) is 0. The third-order valence-electron chi connectivity index (χ3n) is 3.71. The number of rotatable bonds is 7. The molecular weight excluding hydrogens is 314 g/mol. The number of ether oxygens (including phenoxy) is 1. The number of imidazole rings is 1. The Hall–Kier alpha value is -1.70. The minimum atomic E-state index is -3.39. The van der Waals surface area contributed by atoms with Gasteiger partial charge in [0.25, 0.3) is 0 Å². The molecule has 0 saturated carbocycles. The monoisotopic (exact) mass is 337 g/mol. The average molecular weight is 337 g/mol. The van der Waals surface area contributed by atoms with Crippen LogP contribution in [0.1, 0.15) is 31.3 Å². The second-order valence-corrected chi connectivity index (χ2v) is 7.40. The fourth-order valence-electron chi connectivity index (χ4n) is 2.34. The molecule has 0 aliphatic heterocycles. The van der Waals surface area contributed by atoms with Crippen LogP contribution in [0.5, 0.6) is 0 Å². The minimum Gasteiger partial charge on any atom is -0.381 e. The van der Waals surface area contributed by atoms with Crippen molar-refractivity contribution >= 4 is 10.0 Å². The van der Waals surface area contributed by atoms with E-state index in [4.69, 9.17) is 4.74 Å². The van der Waals surface area contributed by atoms with Crippen molar-refractivity contribution < 1.29 is 13.2 Å². The molecule has 1 aromatic carbocycles. The number of hydrogen-bond donors (Lipinski definition) is 1. The van der Waals surface area contributed by atoms with Crippen molar-refractivity contribution in [1.82, 2.24) is 14.3 Å². The summed E-state index contributed by atoms with van der Waals surface area (Å²) >= 11 is 0. The minimum absolute atomic E-state index is 0.0554. The Morgan fingerprint density at radius 3 is 2.43 bits per heavy atom. The third kappa shape index (κ3) is 4.63. The van der Waals surface area contributed by atoms with Crippen LogP contribution in [0.2, 0.25) is 0 Å². The summed E-state index contributed by atoms with van der Waals surface area (Å²) in [7, 11) is -1.89. The molecular formula is C16H23N3O3S. The SMILES string of the molecule is CO[C@@H](C)CS(=O)(=O)N[C@@H](C)c1ccc(-n2ccnc2C)cc1. The Kier molecular flexibility index (Phi) is 5.56. The molecule has 1 N–H and O–H groups in total. The molecule has 1 heterocycles. The van der Waals surface area contributed by atoms with Gasteiger partial charge in [-0.1, -0.05) is 12.1 Å². The molecule has 0 radical (unpaired) electrons. The van der Waals surface area contributed by atoms with Crippen LogP contribution in [0.3, 0.4) is 0 Å². The number of sulfonamides is 1. The molecule has 0 amide bonds. The molecule has 7 heteroatoms. The normalized spacial score (nSPS) is 14.6. The van der Waals surface area contributed by atoms with Gasteiger partial charge in [0.15, 0.2) is 0 Å². The molecule has 23 heavy (non-hydrogen) atoms. The van der Waals surface area contributed by atoms with E-state index in [1.807, 2.05) is 48.9 Å². The van der Waals surface area contributed by atoms with E-state index >= 15 is 0 Å². The highest BCUT2D eigenvalue weighted by Crippen LogP contribution is 2.17. The van der Waals surface area contributed by atoms with Crippen LogP contribution in [0.4, 0.5) is 0 Å². The molecule has 2 atom stereocenters. The largest absolute Gasteiger partial charge is 0.381 e. The van der Waals surface area contributed by atoms with Crippen LogP contribution in [-0.4, -0.2) is 36.9 Å². The molecule has 0 fully saturated rings. The topological polar surface area (TPSA) is 73.2 Å². The zero-order valence-corrected chi connectivity index (χ0v) is 14.7. The maximum atomic E-state index is 12.1. The third-order valence-corrected chi connectivity index (χ3v) is 5.33. The highest BCUT2D eigenvalue weighted by molar-refractivity contribution is 7.89. The summed E-state index contributed by atoms with van der Waals surface area (Å²) in [5.41, 5.74) is 1.90. The lowest BCUT2D eigenvalue weighted by molar-refractivity contribution is 0.136. The number of aromatic nitrogens is 2. The Balaban J connectivity index is 2.09. The van der Waals surface area contributed by atoms with Crippen LogP contribution in [0, 0.1) is 6.92 Å². The first-order chi connectivity index (χ1) is 10.8. The summed E-state index contributed by atoms with van der Waals surface area (Å²) in [6.45, 7) is 5.49. The second-order valence-electron chi connectivity index (χ2n) is 5.60. The van der Waals surface area contributed by atoms with Crippen LogP contribution >= 0.6 is 0 Å². The lowest BCUT2D eigenvalue weighted by atomic mass is 10.1. The van der Waals surface area contributed by atoms with E-state index in [1.54, 1.807) is 13.1 Å². The molecule has 2 rings (SSSR count). The lowest BCUT2D eigenvalue weighted by Crippen LogP contribution is -2.33. The van der Waals surface area contributed by atoms with Gasteiger partial charge in [-0.05, 0) is 38.5 Å². The molecule has 2 aromatic rings. The number of aryl methyl sites for hydroxylation is 1. The van der Waals surface area contributed by atoms with Crippen molar-refractivity contribution in [1.29, 1.82) is 0 Å². The molecule has 0 bridgehead atoms. The van der Waals surface area contributed by atoms with Gasteiger partial charge in [0, 0.05) is 31.2 Å². The van der Waals surface area contributed by atoms with Crippen molar-refractivity contribution in [3.8, 4) is 5.69 Å². The number of benzene rings is 1. The summed E-state index contributed by atoms with van der Waals surface area (Å²) in [6.07, 6.45) is 3.30. The van der Waals surface area contributed by atoms with Gasteiger partial charge >= 0.3 is 0 Å². The van der Waals surface area contributed by atoms with Crippen LogP contribution in [-0.2, 0) is 14.8 Å². The first-order valence-corrected chi connectivity index (χ1v) is 9.10. The number of hydrogen-bond acceptors (Lipinski definition) is 4. The van der Waals surface area contributed by atoms with Gasteiger partial charge in [-0.25, -0.2) is 18.1 Å². The van der Waals surface area contributed by atoms with E-state index in [1.165, 1.54) is 7.11 Å². The van der Waals surface area contributed by atoms with Crippen molar-refractivity contribution in [2.24, 2.45) is 0 Å². The molecule has 0 aliphatic rings. The van der Waals surface area contributed by atoms with Crippen molar-refractivity contribution in [3.05, 3.63) is 48.0 Å². The predicted octanol–water partition coefficient (Wildman–Crippen LogP) is 2.20. The van der Waals surface area contributed by atoms with Crippen molar-refractivity contribution in [3.63, 3.8) is 0 Å². The maximum Gasteiger partial charge on any atom is 0.214 e. The summed E-state index contributed by atoms with van der Waals surface area (Å²) in [6, 6.07) is 7.43. The molecule has 0 spiro atoms. The Morgan fingerprint density at radius 2 is 1.91 bits per heavy atom. The Morgan fingerprint density at radius 1 is 1.26 bits per heavy atom. The smallest absolute Gasteiger partial charge is 0.214 e. The van der Waals surface area contributed by atoms with Gasteiger partial charge in [0.1, 0.15) is 5.82 Å². The average Bonchev–Trinajstić information content (AvgIpc) is 2.92. The van der Waals surface area contributed by atoms with E-state index in [0.29, 0.717) is 0 Å². The van der Waals surface area contributed by atoms with Gasteiger partial charge in [-0.2, -0.15) is 0 Å². The van der Waals surface area contributed by atoms with Gasteiger partial charge in [0.05, 0.1) is 11.9 Å². The number of methoxy groups -OCH3 is 1. The molecule has 0 saturated heterocycles. The second kappa shape index (κ2) is 7.25. The van der Waals surface area contributed by atoms with E-state index < -0.39 is 10.0 Å². The summed E-state index contributed by atoms with van der Waals surface area (Å²) in [5.74, 6) is 0.847. The maximum absolute atomic E-state index is 12.1. The van der Waals surface area contributed by atoms with Gasteiger partial charge in [-0.3, -0.25) is 0 Å². The van der Waals surface area contributed by atoms with E-state index in [0.717, 1.165) is 17.1 Å². The molecule has 6 nitrogen and oxygen atoms in total. The Labute approximate surface area is 137 Å². The lowest BCUT2D eigenvalue weighted by Gasteiger charge is -2.17. The quantitative estimate of drug-likeness (QED) is 0.840. The molecule has 0 aliphatic carbocycles. The molecule has 0 unspecified atom stereocenters. The van der Waals surface area contributed by atoms with Crippen LogP contribution < -0.4 is 4.72 Å². The summed E-state index contributed by atoms with van der Waals surface area (Å²) < 4.78 is 33.8. The van der Waals surface area contributed by atoms with E-state index in [-0.39, 0.29) is 17.9 Å². The fraction of sp³-hybridized carbons (Fsp3) is 0.438. The zero-order valence-electron chi connectivity index (χ0n) is 13.9. The first-order valence-electron chi connectivity index (χ1n) is 7.45. The standard InChI is InChI=1S/C16H23N3O3S/c1-12(22-4)11-23(20,21)18-13(2)15-5-7-16(8-6-15)19-10-9-17-14(19)3/h5-10,12-13,18H,11H2,1-4H3/t12-,13-/m0/s1. The van der Waals surface area contributed by atoms with Gasteiger partial charge in [0.2, 0.25) is 10.0 Å². The number of nitrogens with one attached hydrogen (secondary N) is 1. The predicted molar refractivity (Wildman–Crippen MR) is 90.1 cm³/mol. The highest BCUT2D eigenvalue weighted by atomic mass is 32.2. The number of nitrogens with zero attached hydrogens (tertiary/aromatic N) is 2. The van der Waals surface area contributed by atoms with Gasteiger partial charge < -0.3 is 9.30 Å². The fourth-order valence-corrected chi connectivity index (χ4v) is 3.86. The van der Waals surface area contributed by atoms with Crippen molar-refractivity contribution in [2.75, 3.05) is 12.9 Å². The van der Waals surface area contributed by atoms with Crippen LogP contribution in [0.25, 0.3) is 5.69 Å². The zero-order chi connectivity index (χ0) is 17.0. The van der Waals surface area contributed by atoms with Crippen LogP contribution in [0.15, 0.2) is 36.7 Å². The highest BCUT2D eigenvalue weighted by Gasteiger charge is 2.19. The van der Waals surface area contributed by atoms with Gasteiger partial charge in [-0.15, -0.1) is 0 Å². The van der Waals surface area contributed by atoms with E-state index in [2.05, 4.69) is 9.71 Å².